The fourth-order valence-corrected chi connectivity index (χ4v) is 4.40. The zero-order chi connectivity index (χ0) is 19.5. The molecule has 0 aliphatic carbocycles. The van der Waals surface area contributed by atoms with Crippen LogP contribution in [0.4, 0.5) is 0 Å². The van der Waals surface area contributed by atoms with Crippen molar-refractivity contribution in [3.8, 4) is 17.2 Å². The highest BCUT2D eigenvalue weighted by molar-refractivity contribution is 7.98. The van der Waals surface area contributed by atoms with Crippen LogP contribution in [0, 0.1) is 0 Å². The quantitative estimate of drug-likeness (QED) is 0.251. The van der Waals surface area contributed by atoms with Gasteiger partial charge in [0.25, 0.3) is 5.56 Å². The maximum absolute atomic E-state index is 12.7. The molecule has 8 heteroatoms. The van der Waals surface area contributed by atoms with E-state index in [-0.39, 0.29) is 5.56 Å². The lowest BCUT2D eigenvalue weighted by atomic mass is 10.2. The highest BCUT2D eigenvalue weighted by atomic mass is 32.2. The van der Waals surface area contributed by atoms with Crippen LogP contribution in [0.2, 0.25) is 0 Å². The van der Waals surface area contributed by atoms with Crippen LogP contribution in [-0.4, -0.2) is 21.6 Å². The first kappa shape index (κ1) is 18.5. The summed E-state index contributed by atoms with van der Waals surface area (Å²) in [6.45, 7) is 4.16. The normalized spacial score (nSPS) is 11.0. The van der Waals surface area contributed by atoms with E-state index in [1.54, 1.807) is 24.0 Å². The number of fused-ring (bicyclic) bond motifs is 1. The smallest absolute Gasteiger partial charge is 0.263 e. The Kier molecular flexibility index (Phi) is 5.31. The maximum atomic E-state index is 12.7. The van der Waals surface area contributed by atoms with Gasteiger partial charge in [-0.1, -0.05) is 17.8 Å². The summed E-state index contributed by atoms with van der Waals surface area (Å²) in [6, 6.07) is 9.33. The zero-order valence-corrected chi connectivity index (χ0v) is 16.8. The molecule has 3 heterocycles. The third-order valence-electron chi connectivity index (χ3n) is 4.10. The first-order valence-corrected chi connectivity index (χ1v) is 10.4. The van der Waals surface area contributed by atoms with Gasteiger partial charge in [0.2, 0.25) is 5.89 Å². The molecule has 0 bridgehead atoms. The van der Waals surface area contributed by atoms with Gasteiger partial charge < -0.3 is 9.15 Å². The van der Waals surface area contributed by atoms with E-state index in [9.17, 15) is 4.79 Å². The van der Waals surface area contributed by atoms with Gasteiger partial charge in [0.1, 0.15) is 16.8 Å². The highest BCUT2D eigenvalue weighted by Crippen LogP contribution is 2.26. The number of aromatic nitrogens is 3. The molecule has 4 aromatic rings. The zero-order valence-electron chi connectivity index (χ0n) is 15.1. The first-order chi connectivity index (χ1) is 13.7. The third-order valence-corrected chi connectivity index (χ3v) is 5.91. The van der Waals surface area contributed by atoms with Gasteiger partial charge in [-0.15, -0.1) is 17.9 Å². The van der Waals surface area contributed by atoms with Crippen molar-refractivity contribution in [2.24, 2.45) is 0 Å². The SMILES string of the molecule is C=CCn1c(SCc2coc(-c3ccc(OC)cc3)n2)nc2sccc2c1=O. The average molecular weight is 412 g/mol. The fraction of sp³-hybridized carbons (Fsp3) is 0.150. The summed E-state index contributed by atoms with van der Waals surface area (Å²) >= 11 is 2.92. The van der Waals surface area contributed by atoms with Crippen LogP contribution in [0.3, 0.4) is 0 Å². The highest BCUT2D eigenvalue weighted by Gasteiger charge is 2.13. The van der Waals surface area contributed by atoms with Gasteiger partial charge in [-0.3, -0.25) is 9.36 Å². The van der Waals surface area contributed by atoms with E-state index in [0.717, 1.165) is 21.8 Å². The number of oxazole rings is 1. The lowest BCUT2D eigenvalue weighted by Crippen LogP contribution is -2.22. The molecule has 4 rings (SSSR count). The molecule has 1 aromatic carbocycles. The molecule has 0 saturated heterocycles. The number of benzene rings is 1. The minimum Gasteiger partial charge on any atom is -0.497 e. The van der Waals surface area contributed by atoms with Gasteiger partial charge in [-0.25, -0.2) is 9.97 Å². The number of hydrogen-bond donors (Lipinski definition) is 0. The third kappa shape index (κ3) is 3.61. The number of hydrogen-bond acceptors (Lipinski definition) is 7. The van der Waals surface area contributed by atoms with Crippen LogP contribution < -0.4 is 10.3 Å². The second kappa shape index (κ2) is 8.04. The number of ether oxygens (including phenoxy) is 1. The van der Waals surface area contributed by atoms with Crippen molar-refractivity contribution in [3.05, 3.63) is 70.7 Å². The van der Waals surface area contributed by atoms with E-state index >= 15 is 0 Å². The topological polar surface area (TPSA) is 70.2 Å². The molecule has 142 valence electrons. The Morgan fingerprint density at radius 2 is 2.11 bits per heavy atom. The molecule has 0 amide bonds. The first-order valence-electron chi connectivity index (χ1n) is 8.50. The molecule has 0 saturated carbocycles. The van der Waals surface area contributed by atoms with E-state index in [0.29, 0.717) is 28.7 Å². The number of rotatable bonds is 7. The Morgan fingerprint density at radius 1 is 1.29 bits per heavy atom. The maximum Gasteiger partial charge on any atom is 0.263 e. The van der Waals surface area contributed by atoms with Gasteiger partial charge in [-0.05, 0) is 35.7 Å². The number of allylic oxidation sites excluding steroid dienone is 1. The van der Waals surface area contributed by atoms with Crippen molar-refractivity contribution in [2.45, 2.75) is 17.5 Å². The molecule has 0 spiro atoms. The molecule has 0 N–H and O–H groups in total. The Labute approximate surface area is 169 Å². The van der Waals surface area contributed by atoms with Crippen molar-refractivity contribution < 1.29 is 9.15 Å². The predicted molar refractivity (Wildman–Crippen MR) is 112 cm³/mol. The number of methoxy groups -OCH3 is 1. The summed E-state index contributed by atoms with van der Waals surface area (Å²) in [5.74, 6) is 1.87. The van der Waals surface area contributed by atoms with Crippen molar-refractivity contribution in [2.75, 3.05) is 7.11 Å². The van der Waals surface area contributed by atoms with E-state index in [4.69, 9.17) is 9.15 Å². The summed E-state index contributed by atoms with van der Waals surface area (Å²) in [5.41, 5.74) is 1.60. The fourth-order valence-electron chi connectivity index (χ4n) is 2.71. The summed E-state index contributed by atoms with van der Waals surface area (Å²) in [4.78, 5) is 22.6. The second-order valence-electron chi connectivity index (χ2n) is 5.90. The molecule has 0 fully saturated rings. The van der Waals surface area contributed by atoms with Crippen LogP contribution in [-0.2, 0) is 12.3 Å². The Hall–Kier alpha value is -2.84. The van der Waals surface area contributed by atoms with Crippen molar-refractivity contribution >= 4 is 33.3 Å². The number of nitrogens with zero attached hydrogens (tertiary/aromatic N) is 3. The van der Waals surface area contributed by atoms with Crippen LogP contribution in [0.1, 0.15) is 5.69 Å². The largest absolute Gasteiger partial charge is 0.497 e. The Bertz CT molecular complexity index is 1180. The van der Waals surface area contributed by atoms with E-state index in [2.05, 4.69) is 16.5 Å². The lowest BCUT2D eigenvalue weighted by Gasteiger charge is -2.09. The van der Waals surface area contributed by atoms with Gasteiger partial charge in [-0.2, -0.15) is 0 Å². The average Bonchev–Trinajstić information content (AvgIpc) is 3.38. The van der Waals surface area contributed by atoms with Gasteiger partial charge in [0, 0.05) is 17.9 Å². The standard InChI is InChI=1S/C20H17N3O3S2/c1-3-9-23-19(24)16-8-10-27-18(16)22-20(23)28-12-14-11-26-17(21-14)13-4-6-15(25-2)7-5-13/h3-8,10-11H,1,9,12H2,2H3. The molecule has 0 radical (unpaired) electrons. The summed E-state index contributed by atoms with van der Waals surface area (Å²) in [5, 5.41) is 3.16. The summed E-state index contributed by atoms with van der Waals surface area (Å²) in [6.07, 6.45) is 3.33. The molecule has 0 aliphatic rings. The van der Waals surface area contributed by atoms with Crippen LogP contribution in [0.5, 0.6) is 5.75 Å². The second-order valence-corrected chi connectivity index (χ2v) is 7.74. The predicted octanol–water partition coefficient (Wildman–Crippen LogP) is 4.60. The molecule has 28 heavy (non-hydrogen) atoms. The molecular formula is C20H17N3O3S2. The number of thioether (sulfide) groups is 1. The Morgan fingerprint density at radius 3 is 2.86 bits per heavy atom. The monoisotopic (exact) mass is 411 g/mol. The molecule has 0 atom stereocenters. The summed E-state index contributed by atoms with van der Waals surface area (Å²) in [7, 11) is 1.63. The lowest BCUT2D eigenvalue weighted by molar-refractivity contribution is 0.415. The van der Waals surface area contributed by atoms with E-state index in [1.807, 2.05) is 35.7 Å². The molecule has 0 aliphatic heterocycles. The van der Waals surface area contributed by atoms with Crippen LogP contribution in [0.15, 0.2) is 69.0 Å². The van der Waals surface area contributed by atoms with Gasteiger partial charge in [0.15, 0.2) is 5.16 Å². The van der Waals surface area contributed by atoms with E-state index < -0.39 is 0 Å². The van der Waals surface area contributed by atoms with Crippen molar-refractivity contribution in [1.82, 2.24) is 14.5 Å². The summed E-state index contributed by atoms with van der Waals surface area (Å²) < 4.78 is 12.4. The molecule has 6 nitrogen and oxygen atoms in total. The molecule has 3 aromatic heterocycles. The van der Waals surface area contributed by atoms with Crippen LogP contribution in [0.25, 0.3) is 21.7 Å². The number of thiophene rings is 1. The van der Waals surface area contributed by atoms with Gasteiger partial charge >= 0.3 is 0 Å². The molecule has 0 unspecified atom stereocenters. The van der Waals surface area contributed by atoms with Crippen LogP contribution >= 0.6 is 23.1 Å². The van der Waals surface area contributed by atoms with Gasteiger partial charge in [0.05, 0.1) is 18.2 Å². The molecular weight excluding hydrogens is 394 g/mol. The minimum absolute atomic E-state index is 0.0484. The minimum atomic E-state index is -0.0484. The van der Waals surface area contributed by atoms with Crippen molar-refractivity contribution in [3.63, 3.8) is 0 Å². The van der Waals surface area contributed by atoms with Crippen molar-refractivity contribution in [1.29, 1.82) is 0 Å². The Balaban J connectivity index is 1.56. The van der Waals surface area contributed by atoms with E-state index in [1.165, 1.54) is 23.1 Å².